The van der Waals surface area contributed by atoms with Gasteiger partial charge >= 0.3 is 6.03 Å². The summed E-state index contributed by atoms with van der Waals surface area (Å²) in [6.45, 7) is 4.89. The first-order chi connectivity index (χ1) is 12.6. The second-order valence-electron chi connectivity index (χ2n) is 6.75. The van der Waals surface area contributed by atoms with Crippen molar-refractivity contribution in [3.8, 4) is 0 Å². The topological polar surface area (TPSA) is 61.4 Å². The average Bonchev–Trinajstić information content (AvgIpc) is 2.82. The molecule has 0 aromatic heterocycles. The van der Waals surface area contributed by atoms with Crippen LogP contribution in [0.3, 0.4) is 0 Å². The molecule has 2 atom stereocenters. The Morgan fingerprint density at radius 3 is 2.62 bits per heavy atom. The first-order valence-corrected chi connectivity index (χ1v) is 9.07. The minimum absolute atomic E-state index is 0.0618. The van der Waals surface area contributed by atoms with Crippen LogP contribution in [0.5, 0.6) is 0 Å². The Kier molecular flexibility index (Phi) is 5.56. The van der Waals surface area contributed by atoms with Crippen LogP contribution < -0.4 is 10.6 Å². The number of amides is 3. The molecule has 0 saturated carbocycles. The van der Waals surface area contributed by atoms with Gasteiger partial charge in [0.1, 0.15) is 6.04 Å². The lowest BCUT2D eigenvalue weighted by molar-refractivity contribution is -0.121. The summed E-state index contributed by atoms with van der Waals surface area (Å²) in [5, 5.41) is 5.95. The standard InChI is InChI=1S/C21H25N3O2/c1-3-15(2)19-20(25)23-18-12-8-7-11-17(18)14-24(19)21(26)22-13-16-9-5-4-6-10-16/h4-12,15,19H,3,13-14H2,1-2H3,(H,22,26)(H,23,25)/t15-,19-/m0/s1. The van der Waals surface area contributed by atoms with Crippen LogP contribution in [0.25, 0.3) is 0 Å². The Hall–Kier alpha value is -2.82. The fourth-order valence-electron chi connectivity index (χ4n) is 3.27. The number of fused-ring (bicyclic) bond motifs is 1. The zero-order valence-electron chi connectivity index (χ0n) is 15.2. The molecule has 0 saturated heterocycles. The number of carbonyl (C=O) groups excluding carboxylic acids is 2. The second kappa shape index (κ2) is 8.04. The van der Waals surface area contributed by atoms with Crippen LogP contribution in [0.4, 0.5) is 10.5 Å². The van der Waals surface area contributed by atoms with Crippen LogP contribution in [0.15, 0.2) is 54.6 Å². The largest absolute Gasteiger partial charge is 0.334 e. The highest BCUT2D eigenvalue weighted by Crippen LogP contribution is 2.27. The van der Waals surface area contributed by atoms with E-state index in [-0.39, 0.29) is 17.9 Å². The third-order valence-electron chi connectivity index (χ3n) is 4.95. The predicted molar refractivity (Wildman–Crippen MR) is 103 cm³/mol. The van der Waals surface area contributed by atoms with E-state index in [4.69, 9.17) is 0 Å². The average molecular weight is 351 g/mol. The van der Waals surface area contributed by atoms with Gasteiger partial charge in [-0.15, -0.1) is 0 Å². The van der Waals surface area contributed by atoms with Crippen LogP contribution in [-0.4, -0.2) is 22.9 Å². The van der Waals surface area contributed by atoms with E-state index < -0.39 is 6.04 Å². The van der Waals surface area contributed by atoms with E-state index in [1.807, 2.05) is 68.4 Å². The van der Waals surface area contributed by atoms with Crippen molar-refractivity contribution in [2.45, 2.75) is 39.4 Å². The van der Waals surface area contributed by atoms with Crippen molar-refractivity contribution in [3.63, 3.8) is 0 Å². The maximum Gasteiger partial charge on any atom is 0.318 e. The molecule has 26 heavy (non-hydrogen) atoms. The summed E-state index contributed by atoms with van der Waals surface area (Å²) in [4.78, 5) is 27.4. The summed E-state index contributed by atoms with van der Waals surface area (Å²) in [7, 11) is 0. The zero-order valence-corrected chi connectivity index (χ0v) is 15.2. The van der Waals surface area contributed by atoms with E-state index in [9.17, 15) is 9.59 Å². The van der Waals surface area contributed by atoms with Crippen LogP contribution in [0.1, 0.15) is 31.4 Å². The number of hydrogen-bond donors (Lipinski definition) is 2. The molecule has 0 bridgehead atoms. The minimum Gasteiger partial charge on any atom is -0.334 e. The molecular weight excluding hydrogens is 326 g/mol. The van der Waals surface area contributed by atoms with Gasteiger partial charge in [-0.1, -0.05) is 68.8 Å². The first kappa shape index (κ1) is 18.0. The van der Waals surface area contributed by atoms with Gasteiger partial charge in [0.2, 0.25) is 5.91 Å². The lowest BCUT2D eigenvalue weighted by atomic mass is 9.97. The van der Waals surface area contributed by atoms with Gasteiger partial charge in [-0.2, -0.15) is 0 Å². The summed E-state index contributed by atoms with van der Waals surface area (Å²) in [5.74, 6) is -0.0639. The van der Waals surface area contributed by atoms with Gasteiger partial charge in [0.05, 0.1) is 6.54 Å². The van der Waals surface area contributed by atoms with Crippen LogP contribution >= 0.6 is 0 Å². The van der Waals surface area contributed by atoms with Gasteiger partial charge in [-0.25, -0.2) is 4.79 Å². The molecule has 0 fully saturated rings. The molecule has 136 valence electrons. The van der Waals surface area contributed by atoms with Gasteiger partial charge in [0, 0.05) is 12.2 Å². The minimum atomic E-state index is -0.497. The van der Waals surface area contributed by atoms with Crippen molar-refractivity contribution in [1.82, 2.24) is 10.2 Å². The molecule has 0 aliphatic carbocycles. The number of para-hydroxylation sites is 1. The molecule has 2 aromatic carbocycles. The first-order valence-electron chi connectivity index (χ1n) is 9.07. The molecule has 3 rings (SSSR count). The smallest absolute Gasteiger partial charge is 0.318 e. The molecule has 1 heterocycles. The number of hydrogen-bond acceptors (Lipinski definition) is 2. The molecule has 1 aliphatic heterocycles. The third-order valence-corrected chi connectivity index (χ3v) is 4.95. The maximum absolute atomic E-state index is 12.9. The molecule has 1 aliphatic rings. The van der Waals surface area contributed by atoms with Crippen molar-refractivity contribution in [3.05, 3.63) is 65.7 Å². The molecule has 0 spiro atoms. The van der Waals surface area contributed by atoms with E-state index in [1.54, 1.807) is 4.90 Å². The molecule has 2 aromatic rings. The normalized spacial score (nSPS) is 17.7. The number of nitrogens with one attached hydrogen (secondary N) is 2. The van der Waals surface area contributed by atoms with Gasteiger partial charge in [-0.3, -0.25) is 4.79 Å². The number of rotatable bonds is 4. The highest BCUT2D eigenvalue weighted by Gasteiger charge is 2.36. The van der Waals surface area contributed by atoms with Crippen molar-refractivity contribution in [1.29, 1.82) is 0 Å². The Balaban J connectivity index is 1.84. The quantitative estimate of drug-likeness (QED) is 0.881. The van der Waals surface area contributed by atoms with E-state index in [0.717, 1.165) is 23.2 Å². The molecule has 5 nitrogen and oxygen atoms in total. The summed E-state index contributed by atoms with van der Waals surface area (Å²) >= 11 is 0. The van der Waals surface area contributed by atoms with Gasteiger partial charge < -0.3 is 15.5 Å². The Labute approximate surface area is 154 Å². The third kappa shape index (κ3) is 3.87. The van der Waals surface area contributed by atoms with Gasteiger partial charge in [0.25, 0.3) is 0 Å². The summed E-state index contributed by atoms with van der Waals surface area (Å²) < 4.78 is 0. The van der Waals surface area contributed by atoms with Crippen LogP contribution in [-0.2, 0) is 17.9 Å². The highest BCUT2D eigenvalue weighted by atomic mass is 16.2. The Morgan fingerprint density at radius 1 is 1.19 bits per heavy atom. The van der Waals surface area contributed by atoms with Crippen molar-refractivity contribution in [2.75, 3.05) is 5.32 Å². The number of benzene rings is 2. The van der Waals surface area contributed by atoms with E-state index in [1.165, 1.54) is 0 Å². The molecule has 2 N–H and O–H groups in total. The Bertz CT molecular complexity index is 776. The van der Waals surface area contributed by atoms with Crippen LogP contribution in [0.2, 0.25) is 0 Å². The number of urea groups is 1. The number of carbonyl (C=O) groups is 2. The van der Waals surface area contributed by atoms with Gasteiger partial charge in [0.15, 0.2) is 0 Å². The van der Waals surface area contributed by atoms with Crippen molar-refractivity contribution < 1.29 is 9.59 Å². The molecule has 3 amide bonds. The second-order valence-corrected chi connectivity index (χ2v) is 6.75. The summed E-state index contributed by atoms with van der Waals surface area (Å²) in [6, 6.07) is 16.7. The predicted octanol–water partition coefficient (Wildman–Crippen LogP) is 3.77. The van der Waals surface area contributed by atoms with Gasteiger partial charge in [-0.05, 0) is 23.1 Å². The summed E-state index contributed by atoms with van der Waals surface area (Å²) in [5.41, 5.74) is 2.76. The van der Waals surface area contributed by atoms with Crippen molar-refractivity contribution in [2.24, 2.45) is 5.92 Å². The molecule has 5 heteroatoms. The fourth-order valence-corrected chi connectivity index (χ4v) is 3.27. The van der Waals surface area contributed by atoms with Crippen LogP contribution in [0, 0.1) is 5.92 Å². The molecular formula is C21H25N3O2. The molecule has 0 unspecified atom stereocenters. The van der Waals surface area contributed by atoms with E-state index in [2.05, 4.69) is 10.6 Å². The lowest BCUT2D eigenvalue weighted by Crippen LogP contribution is -2.52. The fraction of sp³-hybridized carbons (Fsp3) is 0.333. The molecule has 0 radical (unpaired) electrons. The monoisotopic (exact) mass is 351 g/mol. The summed E-state index contributed by atoms with van der Waals surface area (Å²) in [6.07, 6.45) is 0.816. The number of nitrogens with zero attached hydrogens (tertiary/aromatic N) is 1. The zero-order chi connectivity index (χ0) is 18.5. The SMILES string of the molecule is CC[C@H](C)[C@H]1C(=O)Nc2ccccc2CN1C(=O)NCc1ccccc1. The van der Waals surface area contributed by atoms with E-state index in [0.29, 0.717) is 13.1 Å². The highest BCUT2D eigenvalue weighted by molar-refractivity contribution is 5.98. The van der Waals surface area contributed by atoms with E-state index >= 15 is 0 Å². The lowest BCUT2D eigenvalue weighted by Gasteiger charge is -2.32. The van der Waals surface area contributed by atoms with Crippen molar-refractivity contribution >= 4 is 17.6 Å². The maximum atomic E-state index is 12.9. The number of anilines is 1. The Morgan fingerprint density at radius 2 is 1.88 bits per heavy atom.